The van der Waals surface area contributed by atoms with E-state index in [4.69, 9.17) is 5.11 Å². The van der Waals surface area contributed by atoms with Crippen molar-refractivity contribution in [1.82, 2.24) is 0 Å². The van der Waals surface area contributed by atoms with Crippen molar-refractivity contribution >= 4 is 16.8 Å². The second-order valence-corrected chi connectivity index (χ2v) is 7.25. The molecule has 1 saturated carbocycles. The van der Waals surface area contributed by atoms with E-state index in [-0.39, 0.29) is 22.1 Å². The molecule has 1 aromatic carbocycles. The van der Waals surface area contributed by atoms with E-state index in [0.29, 0.717) is 5.92 Å². The molecule has 1 aromatic rings. The minimum Gasteiger partial charge on any atom is -0.478 e. The van der Waals surface area contributed by atoms with Gasteiger partial charge in [0.2, 0.25) is 0 Å². The Hall–Kier alpha value is -1.23. The van der Waals surface area contributed by atoms with Gasteiger partial charge in [-0.1, -0.05) is 19.8 Å². The predicted molar refractivity (Wildman–Crippen MR) is 76.6 cm³/mol. The second-order valence-electron chi connectivity index (χ2n) is 5.53. The maximum Gasteiger partial charge on any atom is 0.335 e. The van der Waals surface area contributed by atoms with Crippen molar-refractivity contribution in [3.63, 3.8) is 0 Å². The SMILES string of the molecule is CC1CCCC(S(=O)Cc2cc(C(=O)O)ccc2F)C1. The Labute approximate surface area is 120 Å². The molecule has 3 nitrogen and oxygen atoms in total. The lowest BCUT2D eigenvalue weighted by molar-refractivity contribution is 0.0696. The molecule has 20 heavy (non-hydrogen) atoms. The first kappa shape index (κ1) is 15.2. The number of carbonyl (C=O) groups is 1. The fraction of sp³-hybridized carbons (Fsp3) is 0.533. The first-order chi connectivity index (χ1) is 9.47. The third kappa shape index (κ3) is 3.66. The van der Waals surface area contributed by atoms with E-state index < -0.39 is 22.6 Å². The van der Waals surface area contributed by atoms with Gasteiger partial charge in [-0.15, -0.1) is 0 Å². The van der Waals surface area contributed by atoms with Gasteiger partial charge in [0, 0.05) is 21.6 Å². The molecule has 110 valence electrons. The molecule has 1 aliphatic carbocycles. The molecule has 2 rings (SSSR count). The predicted octanol–water partition coefficient (Wildman–Crippen LogP) is 3.35. The molecule has 0 radical (unpaired) electrons. The number of halogens is 1. The van der Waals surface area contributed by atoms with Crippen molar-refractivity contribution in [2.45, 2.75) is 43.6 Å². The average Bonchev–Trinajstić information content (AvgIpc) is 2.41. The van der Waals surface area contributed by atoms with Crippen LogP contribution in [-0.2, 0) is 16.6 Å². The maximum absolute atomic E-state index is 13.7. The standard InChI is InChI=1S/C15H19FO3S/c1-10-3-2-4-13(7-10)20(19)9-12-8-11(15(17)18)5-6-14(12)16/h5-6,8,10,13H,2-4,7,9H2,1H3,(H,17,18). The van der Waals surface area contributed by atoms with Crippen LogP contribution in [0.4, 0.5) is 4.39 Å². The van der Waals surface area contributed by atoms with Crippen LogP contribution in [0.2, 0.25) is 0 Å². The Kier molecular flexibility index (Phi) is 4.91. The maximum atomic E-state index is 13.7. The Balaban J connectivity index is 2.10. The third-order valence-electron chi connectivity index (χ3n) is 3.85. The van der Waals surface area contributed by atoms with E-state index in [1.807, 2.05) is 0 Å². The van der Waals surface area contributed by atoms with E-state index >= 15 is 0 Å². The first-order valence-corrected chi connectivity index (χ1v) is 8.24. The van der Waals surface area contributed by atoms with Crippen LogP contribution in [0.1, 0.15) is 48.5 Å². The van der Waals surface area contributed by atoms with E-state index in [0.717, 1.165) is 31.7 Å². The molecule has 1 N–H and O–H groups in total. The lowest BCUT2D eigenvalue weighted by atomic mass is 9.91. The zero-order chi connectivity index (χ0) is 14.7. The van der Waals surface area contributed by atoms with Gasteiger partial charge in [-0.2, -0.15) is 0 Å². The molecule has 0 heterocycles. The summed E-state index contributed by atoms with van der Waals surface area (Å²) >= 11 is 0. The van der Waals surface area contributed by atoms with E-state index in [1.54, 1.807) is 0 Å². The highest BCUT2D eigenvalue weighted by Gasteiger charge is 2.24. The quantitative estimate of drug-likeness (QED) is 0.927. The van der Waals surface area contributed by atoms with E-state index in [9.17, 15) is 13.4 Å². The fourth-order valence-electron chi connectivity index (χ4n) is 2.71. The first-order valence-electron chi connectivity index (χ1n) is 6.86. The summed E-state index contributed by atoms with van der Waals surface area (Å²) in [7, 11) is -1.14. The normalized spacial score (nSPS) is 24.3. The van der Waals surface area contributed by atoms with Crippen LogP contribution in [0.25, 0.3) is 0 Å². The number of hydrogen-bond acceptors (Lipinski definition) is 2. The van der Waals surface area contributed by atoms with Crippen LogP contribution in [0.15, 0.2) is 18.2 Å². The largest absolute Gasteiger partial charge is 0.478 e. The Morgan fingerprint density at radius 2 is 2.20 bits per heavy atom. The number of hydrogen-bond donors (Lipinski definition) is 1. The van der Waals surface area contributed by atoms with Gasteiger partial charge in [0.25, 0.3) is 0 Å². The van der Waals surface area contributed by atoms with Crippen molar-refractivity contribution in [2.75, 3.05) is 0 Å². The molecule has 0 aliphatic heterocycles. The van der Waals surface area contributed by atoms with Gasteiger partial charge in [-0.05, 0) is 37.0 Å². The minimum absolute atomic E-state index is 0.0374. The molecule has 3 unspecified atom stereocenters. The zero-order valence-corrected chi connectivity index (χ0v) is 12.3. The van der Waals surface area contributed by atoms with Crippen molar-refractivity contribution in [1.29, 1.82) is 0 Å². The number of carboxylic acid groups (broad SMARTS) is 1. The highest BCUT2D eigenvalue weighted by molar-refractivity contribution is 7.84. The van der Waals surface area contributed by atoms with Crippen molar-refractivity contribution in [2.24, 2.45) is 5.92 Å². The smallest absolute Gasteiger partial charge is 0.335 e. The highest BCUT2D eigenvalue weighted by Crippen LogP contribution is 2.28. The van der Waals surface area contributed by atoms with Gasteiger partial charge in [-0.25, -0.2) is 9.18 Å². The Morgan fingerprint density at radius 1 is 1.45 bits per heavy atom. The summed E-state index contributed by atoms with van der Waals surface area (Å²) in [5.41, 5.74) is 0.275. The molecular formula is C15H19FO3S. The molecule has 0 spiro atoms. The van der Waals surface area contributed by atoms with Crippen molar-refractivity contribution in [3.05, 3.63) is 35.1 Å². The minimum atomic E-state index is -1.14. The zero-order valence-electron chi connectivity index (χ0n) is 11.5. The van der Waals surface area contributed by atoms with Crippen LogP contribution < -0.4 is 0 Å². The monoisotopic (exact) mass is 298 g/mol. The molecule has 0 saturated heterocycles. The highest BCUT2D eigenvalue weighted by atomic mass is 32.2. The molecule has 3 atom stereocenters. The molecule has 5 heteroatoms. The number of benzene rings is 1. The average molecular weight is 298 g/mol. The van der Waals surface area contributed by atoms with Crippen molar-refractivity contribution in [3.8, 4) is 0 Å². The molecule has 0 amide bonds. The van der Waals surface area contributed by atoms with Crippen LogP contribution in [0, 0.1) is 11.7 Å². The van der Waals surface area contributed by atoms with Gasteiger partial charge in [0.15, 0.2) is 0 Å². The van der Waals surface area contributed by atoms with Gasteiger partial charge in [0.05, 0.1) is 11.3 Å². The van der Waals surface area contributed by atoms with Crippen LogP contribution in [-0.4, -0.2) is 20.5 Å². The van der Waals surface area contributed by atoms with Gasteiger partial charge in [-0.3, -0.25) is 4.21 Å². The fourth-order valence-corrected chi connectivity index (χ4v) is 4.44. The van der Waals surface area contributed by atoms with Gasteiger partial charge < -0.3 is 5.11 Å². The van der Waals surface area contributed by atoms with Crippen LogP contribution >= 0.6 is 0 Å². The van der Waals surface area contributed by atoms with Crippen LogP contribution in [0.5, 0.6) is 0 Å². The summed E-state index contributed by atoms with van der Waals surface area (Å²) < 4.78 is 26.1. The number of rotatable bonds is 4. The van der Waals surface area contributed by atoms with Gasteiger partial charge >= 0.3 is 5.97 Å². The van der Waals surface area contributed by atoms with E-state index in [1.165, 1.54) is 12.1 Å². The van der Waals surface area contributed by atoms with Crippen molar-refractivity contribution < 1.29 is 18.5 Å². The lowest BCUT2D eigenvalue weighted by Crippen LogP contribution is -2.24. The van der Waals surface area contributed by atoms with E-state index in [2.05, 4.69) is 6.92 Å². The summed E-state index contributed by atoms with van der Waals surface area (Å²) in [4.78, 5) is 10.9. The van der Waals surface area contributed by atoms with Gasteiger partial charge in [0.1, 0.15) is 5.82 Å². The molecule has 0 bridgehead atoms. The Morgan fingerprint density at radius 3 is 2.85 bits per heavy atom. The molecule has 1 aliphatic rings. The number of aromatic carboxylic acids is 1. The Bertz CT molecular complexity index is 530. The summed E-state index contributed by atoms with van der Waals surface area (Å²) in [5, 5.41) is 9.02. The lowest BCUT2D eigenvalue weighted by Gasteiger charge is -2.26. The van der Waals surface area contributed by atoms with Crippen LogP contribution in [0.3, 0.4) is 0 Å². The summed E-state index contributed by atoms with van der Waals surface area (Å²) in [6, 6.07) is 3.66. The molecule has 0 aromatic heterocycles. The summed E-state index contributed by atoms with van der Waals surface area (Å²) in [6.07, 6.45) is 4.05. The second kappa shape index (κ2) is 6.48. The summed E-state index contributed by atoms with van der Waals surface area (Å²) in [5.74, 6) is -0.909. The number of carboxylic acids is 1. The third-order valence-corrected chi connectivity index (χ3v) is 5.62. The molecule has 1 fully saturated rings. The molecular weight excluding hydrogens is 279 g/mol. The summed E-state index contributed by atoms with van der Waals surface area (Å²) in [6.45, 7) is 2.15. The topological polar surface area (TPSA) is 54.4 Å².